The molecule has 11 heteroatoms. The Morgan fingerprint density at radius 1 is 0.627 bits per heavy atom. The van der Waals surface area contributed by atoms with Gasteiger partial charge in [-0.05, 0) is 99.5 Å². The molecule has 0 bridgehead atoms. The van der Waals surface area contributed by atoms with Gasteiger partial charge in [0.05, 0.1) is 31.7 Å². The summed E-state index contributed by atoms with van der Waals surface area (Å²) in [5, 5.41) is 2.02. The van der Waals surface area contributed by atoms with Crippen LogP contribution in [0.5, 0.6) is 0 Å². The van der Waals surface area contributed by atoms with E-state index in [-0.39, 0.29) is 41.7 Å². The Hall–Kier alpha value is -6.88. The number of allylic oxidation sites excluding steroid dienone is 2. The molecule has 0 aliphatic heterocycles. The number of rotatable bonds is 12. The summed E-state index contributed by atoms with van der Waals surface area (Å²) in [5.41, 5.74) is 7.26. The summed E-state index contributed by atoms with van der Waals surface area (Å²) in [6, 6.07) is 28.8. The van der Waals surface area contributed by atoms with E-state index in [1.54, 1.807) is 42.5 Å². The minimum absolute atomic E-state index is 0.0602. The number of benzene rings is 4. The molecule has 0 aliphatic carbocycles. The summed E-state index contributed by atoms with van der Waals surface area (Å²) in [4.78, 5) is 46.6. The lowest BCUT2D eigenvalue weighted by Gasteiger charge is -2.14. The molecule has 2 heterocycles. The molecular formula is C48H46F2N2O7. The van der Waals surface area contributed by atoms with Gasteiger partial charge in [0.2, 0.25) is 0 Å². The maximum atomic E-state index is 13.6. The summed E-state index contributed by atoms with van der Waals surface area (Å²) in [6.07, 6.45) is 7.27. The molecule has 0 saturated heterocycles. The Bertz CT molecular complexity index is 2570. The highest BCUT2D eigenvalue weighted by Crippen LogP contribution is 2.39. The van der Waals surface area contributed by atoms with Crippen LogP contribution in [0.3, 0.4) is 0 Å². The molecule has 0 fully saturated rings. The van der Waals surface area contributed by atoms with Gasteiger partial charge in [-0.25, -0.2) is 13.6 Å². The van der Waals surface area contributed by atoms with Crippen LogP contribution in [0.2, 0.25) is 0 Å². The normalized spacial score (nSPS) is 11.7. The third-order valence-electron chi connectivity index (χ3n) is 9.30. The third-order valence-corrected chi connectivity index (χ3v) is 9.30. The lowest BCUT2D eigenvalue weighted by Crippen LogP contribution is -2.07. The van der Waals surface area contributed by atoms with E-state index in [1.165, 1.54) is 51.5 Å². The monoisotopic (exact) mass is 800 g/mol. The van der Waals surface area contributed by atoms with Gasteiger partial charge in [-0.15, -0.1) is 0 Å². The maximum Gasteiger partial charge on any atom is 0.334 e. The Morgan fingerprint density at radius 3 is 1.47 bits per heavy atom. The molecule has 2 aromatic heterocycles. The van der Waals surface area contributed by atoms with Crippen molar-refractivity contribution in [3.8, 4) is 22.3 Å². The van der Waals surface area contributed by atoms with E-state index in [1.807, 2.05) is 48.5 Å². The number of hydrogen-bond donors (Lipinski definition) is 0. The number of nitrogens with zero attached hydrogens (tertiary/aromatic N) is 2. The van der Waals surface area contributed by atoms with Crippen LogP contribution in [0.25, 0.3) is 56.2 Å². The molecule has 0 spiro atoms. The van der Waals surface area contributed by atoms with Gasteiger partial charge in [0, 0.05) is 51.9 Å². The van der Waals surface area contributed by atoms with Gasteiger partial charge in [-0.2, -0.15) is 0 Å². The van der Waals surface area contributed by atoms with Crippen LogP contribution >= 0.6 is 0 Å². The molecule has 0 radical (unpaired) electrons. The van der Waals surface area contributed by atoms with Crippen LogP contribution in [0.15, 0.2) is 121 Å². The van der Waals surface area contributed by atoms with Gasteiger partial charge in [-0.1, -0.05) is 60.7 Å². The Balaban J connectivity index is 0.000000225. The predicted octanol–water partition coefficient (Wildman–Crippen LogP) is 10.8. The Kier molecular flexibility index (Phi) is 14.3. The van der Waals surface area contributed by atoms with E-state index < -0.39 is 17.9 Å². The molecule has 0 N–H and O–H groups in total. The molecule has 9 nitrogen and oxygen atoms in total. The minimum atomic E-state index is -0.635. The molecule has 0 saturated carbocycles. The second-order valence-electron chi connectivity index (χ2n) is 14.0. The topological polar surface area (TPSA) is 106 Å². The van der Waals surface area contributed by atoms with Crippen molar-refractivity contribution in [2.45, 2.75) is 53.1 Å². The van der Waals surface area contributed by atoms with Crippen LogP contribution in [-0.4, -0.2) is 47.0 Å². The SMILES string of the molecule is COC(=O)/C=C(/C=C/c1c(-c2ccc(F)cc2)c2ccccc2n1C(C)C)OC(C)=O.COC(=O)CC(=O)/C=C/c1c(-c2ccc(F)cc2)c2ccccc2n1C(C)C. The van der Waals surface area contributed by atoms with Gasteiger partial charge in [0.15, 0.2) is 5.78 Å². The first-order chi connectivity index (χ1) is 28.2. The summed E-state index contributed by atoms with van der Waals surface area (Å²) in [6.45, 7) is 9.52. The number of methoxy groups -OCH3 is 2. The van der Waals surface area contributed by atoms with Gasteiger partial charge < -0.3 is 23.3 Å². The van der Waals surface area contributed by atoms with Crippen LogP contribution < -0.4 is 0 Å². The number of ketones is 1. The molecule has 0 unspecified atom stereocenters. The van der Waals surface area contributed by atoms with E-state index in [2.05, 4.69) is 46.3 Å². The van der Waals surface area contributed by atoms with Gasteiger partial charge in [0.1, 0.15) is 23.8 Å². The van der Waals surface area contributed by atoms with Crippen molar-refractivity contribution in [2.24, 2.45) is 0 Å². The van der Waals surface area contributed by atoms with Crippen molar-refractivity contribution in [3.63, 3.8) is 0 Å². The van der Waals surface area contributed by atoms with Crippen molar-refractivity contribution in [3.05, 3.63) is 144 Å². The predicted molar refractivity (Wildman–Crippen MR) is 227 cm³/mol. The second kappa shape index (κ2) is 19.5. The Labute approximate surface area is 341 Å². The smallest absolute Gasteiger partial charge is 0.334 e. The summed E-state index contributed by atoms with van der Waals surface area (Å²) >= 11 is 0. The Morgan fingerprint density at radius 2 is 1.07 bits per heavy atom. The average Bonchev–Trinajstić information content (AvgIpc) is 3.72. The number of ether oxygens (including phenoxy) is 3. The van der Waals surface area contributed by atoms with E-state index >= 15 is 0 Å². The third kappa shape index (κ3) is 10.4. The summed E-state index contributed by atoms with van der Waals surface area (Å²) in [7, 11) is 2.50. The molecule has 0 amide bonds. The van der Waals surface area contributed by atoms with E-state index in [0.717, 1.165) is 61.5 Å². The summed E-state index contributed by atoms with van der Waals surface area (Å²) in [5.74, 6) is -2.65. The fourth-order valence-electron chi connectivity index (χ4n) is 6.91. The molecule has 304 valence electrons. The van der Waals surface area contributed by atoms with E-state index in [0.29, 0.717) is 0 Å². The van der Waals surface area contributed by atoms with Gasteiger partial charge in [0.25, 0.3) is 0 Å². The van der Waals surface area contributed by atoms with Gasteiger partial charge in [-0.3, -0.25) is 14.4 Å². The lowest BCUT2D eigenvalue weighted by atomic mass is 10.0. The number of carbonyl (C=O) groups is 4. The quantitative estimate of drug-likeness (QED) is 0.0303. The van der Waals surface area contributed by atoms with Crippen LogP contribution in [0.1, 0.15) is 64.5 Å². The number of para-hydroxylation sites is 2. The highest BCUT2D eigenvalue weighted by atomic mass is 19.1. The molecule has 4 aromatic carbocycles. The number of aromatic nitrogens is 2. The molecule has 6 rings (SSSR count). The molecule has 0 atom stereocenters. The van der Waals surface area contributed by atoms with Crippen molar-refractivity contribution < 1.29 is 42.2 Å². The number of hydrogen-bond acceptors (Lipinski definition) is 7. The first-order valence-corrected chi connectivity index (χ1v) is 19.0. The second-order valence-corrected chi connectivity index (χ2v) is 14.0. The minimum Gasteiger partial charge on any atom is -0.469 e. The highest BCUT2D eigenvalue weighted by Gasteiger charge is 2.21. The standard InChI is InChI=1S/C25H24FNO4.C23H22FNO3/c1-16(2)27-22-8-6-5-7-21(22)25(18-9-11-19(26)12-10-18)23(27)14-13-20(31-17(3)28)15-24(29)30-4;1-15(2)25-20-7-5-4-6-19(20)23(16-8-10-17(24)11-9-16)21(25)13-12-18(26)14-22(27)28-3/h5-16H,1-4H3;4-13,15H,14H2,1-3H3/b14-13+,20-15-;13-12+. The molecule has 59 heavy (non-hydrogen) atoms. The fraction of sp³-hybridized carbons (Fsp3) is 0.208. The van der Waals surface area contributed by atoms with Crippen molar-refractivity contribution >= 4 is 57.6 Å². The molecular weight excluding hydrogens is 755 g/mol. The van der Waals surface area contributed by atoms with Crippen molar-refractivity contribution in [1.29, 1.82) is 0 Å². The van der Waals surface area contributed by atoms with Crippen molar-refractivity contribution in [2.75, 3.05) is 14.2 Å². The summed E-state index contributed by atoms with van der Waals surface area (Å²) < 4.78 is 45.7. The number of esters is 3. The zero-order chi connectivity index (χ0) is 42.8. The highest BCUT2D eigenvalue weighted by molar-refractivity contribution is 6.06. The fourth-order valence-corrected chi connectivity index (χ4v) is 6.91. The largest absolute Gasteiger partial charge is 0.469 e. The van der Waals surface area contributed by atoms with Crippen molar-refractivity contribution in [1.82, 2.24) is 9.13 Å². The number of fused-ring (bicyclic) bond motifs is 2. The average molecular weight is 801 g/mol. The first kappa shape index (κ1) is 43.2. The zero-order valence-corrected chi connectivity index (χ0v) is 34.0. The first-order valence-electron chi connectivity index (χ1n) is 19.0. The van der Waals surface area contributed by atoms with E-state index in [4.69, 9.17) is 4.74 Å². The molecule has 6 aromatic rings. The van der Waals surface area contributed by atoms with Crippen LogP contribution in [-0.2, 0) is 33.4 Å². The zero-order valence-electron chi connectivity index (χ0n) is 34.0. The van der Waals surface area contributed by atoms with Gasteiger partial charge >= 0.3 is 17.9 Å². The van der Waals surface area contributed by atoms with Crippen LogP contribution in [0.4, 0.5) is 8.78 Å². The van der Waals surface area contributed by atoms with Crippen LogP contribution in [0, 0.1) is 11.6 Å². The number of carbonyl (C=O) groups excluding carboxylic acids is 4. The number of halogens is 2. The maximum absolute atomic E-state index is 13.6. The van der Waals surface area contributed by atoms with E-state index in [9.17, 15) is 28.0 Å². The molecule has 0 aliphatic rings. The lowest BCUT2D eigenvalue weighted by molar-refractivity contribution is -0.143.